The monoisotopic (exact) mass is 317 g/mol. The van der Waals surface area contributed by atoms with Gasteiger partial charge in [0.05, 0.1) is 11.6 Å². The zero-order valence-electron chi connectivity index (χ0n) is 11.1. The molecule has 1 aromatic heterocycles. The van der Waals surface area contributed by atoms with E-state index in [4.69, 9.17) is 29.0 Å². The van der Waals surface area contributed by atoms with Gasteiger partial charge in [-0.3, -0.25) is 10.8 Å². The molecule has 0 radical (unpaired) electrons. The average Bonchev–Trinajstić information content (AvgIpc) is 2.51. The van der Waals surface area contributed by atoms with Crippen LogP contribution in [-0.2, 0) is 0 Å². The zero-order chi connectivity index (χ0) is 14.8. The molecule has 0 amide bonds. The van der Waals surface area contributed by atoms with Crippen LogP contribution in [0.3, 0.4) is 0 Å². The summed E-state index contributed by atoms with van der Waals surface area (Å²) in [6, 6.07) is 15.0. The van der Waals surface area contributed by atoms with Crippen molar-refractivity contribution in [3.05, 3.63) is 75.9 Å². The molecule has 1 heterocycles. The molecule has 1 atom stereocenters. The molecule has 0 aliphatic heterocycles. The first-order valence-electron chi connectivity index (χ1n) is 6.45. The van der Waals surface area contributed by atoms with E-state index >= 15 is 0 Å². The van der Waals surface area contributed by atoms with E-state index in [9.17, 15) is 0 Å². The number of pyridine rings is 1. The number of para-hydroxylation sites is 1. The topological polar surface area (TPSA) is 50.9 Å². The first kappa shape index (κ1) is 14.3. The Hall–Kier alpha value is -1.65. The standard InChI is InChI=1S/C16H13Cl2N3/c17-12-5-6-14(18)13(8-12)16(21-19)11-7-10-3-1-2-4-15(10)20-9-11/h1-9,16,21H,19H2. The largest absolute Gasteiger partial charge is 0.271 e. The van der Waals surface area contributed by atoms with Crippen molar-refractivity contribution in [1.29, 1.82) is 0 Å². The minimum absolute atomic E-state index is 0.270. The molecular weight excluding hydrogens is 305 g/mol. The summed E-state index contributed by atoms with van der Waals surface area (Å²) >= 11 is 12.3. The van der Waals surface area contributed by atoms with Gasteiger partial charge in [-0.2, -0.15) is 0 Å². The summed E-state index contributed by atoms with van der Waals surface area (Å²) in [6.45, 7) is 0. The second-order valence-electron chi connectivity index (χ2n) is 4.73. The molecule has 0 aliphatic carbocycles. The van der Waals surface area contributed by atoms with Gasteiger partial charge in [-0.15, -0.1) is 0 Å². The summed E-state index contributed by atoms with van der Waals surface area (Å²) in [4.78, 5) is 4.46. The number of rotatable bonds is 3. The van der Waals surface area contributed by atoms with E-state index < -0.39 is 0 Å². The van der Waals surface area contributed by atoms with Crippen molar-refractivity contribution >= 4 is 34.1 Å². The molecule has 3 nitrogen and oxygen atoms in total. The summed E-state index contributed by atoms with van der Waals surface area (Å²) < 4.78 is 0. The van der Waals surface area contributed by atoms with E-state index in [1.54, 1.807) is 18.3 Å². The highest BCUT2D eigenvalue weighted by Crippen LogP contribution is 2.31. The van der Waals surface area contributed by atoms with Crippen LogP contribution in [0.1, 0.15) is 17.2 Å². The van der Waals surface area contributed by atoms with Crippen LogP contribution in [0.4, 0.5) is 0 Å². The van der Waals surface area contributed by atoms with Crippen molar-refractivity contribution < 1.29 is 0 Å². The maximum atomic E-state index is 6.26. The number of aromatic nitrogens is 1. The molecule has 3 aromatic rings. The van der Waals surface area contributed by atoms with Crippen LogP contribution in [-0.4, -0.2) is 4.98 Å². The van der Waals surface area contributed by atoms with Crippen LogP contribution in [0.15, 0.2) is 54.7 Å². The fraction of sp³-hybridized carbons (Fsp3) is 0.0625. The lowest BCUT2D eigenvalue weighted by atomic mass is 9.99. The summed E-state index contributed by atoms with van der Waals surface area (Å²) in [5.41, 5.74) is 5.48. The molecule has 0 saturated heterocycles. The fourth-order valence-corrected chi connectivity index (χ4v) is 2.75. The molecule has 0 fully saturated rings. The molecule has 3 rings (SSSR count). The maximum absolute atomic E-state index is 6.26. The Morgan fingerprint density at radius 3 is 2.67 bits per heavy atom. The molecule has 1 unspecified atom stereocenters. The van der Waals surface area contributed by atoms with Crippen molar-refractivity contribution in [2.45, 2.75) is 6.04 Å². The lowest BCUT2D eigenvalue weighted by molar-refractivity contribution is 0.636. The van der Waals surface area contributed by atoms with Crippen molar-refractivity contribution in [2.24, 2.45) is 5.84 Å². The molecular formula is C16H13Cl2N3. The second kappa shape index (κ2) is 6.00. The van der Waals surface area contributed by atoms with Gasteiger partial charge in [-0.25, -0.2) is 5.43 Å². The Morgan fingerprint density at radius 1 is 1.05 bits per heavy atom. The lowest BCUT2D eigenvalue weighted by Crippen LogP contribution is -2.29. The number of benzene rings is 2. The normalized spacial score (nSPS) is 12.5. The van der Waals surface area contributed by atoms with E-state index in [1.807, 2.05) is 36.4 Å². The molecule has 0 spiro atoms. The van der Waals surface area contributed by atoms with Gasteiger partial charge in [0.15, 0.2) is 0 Å². The smallest absolute Gasteiger partial charge is 0.0740 e. The number of nitrogens with one attached hydrogen (secondary N) is 1. The van der Waals surface area contributed by atoms with Crippen LogP contribution in [0.2, 0.25) is 10.0 Å². The maximum Gasteiger partial charge on any atom is 0.0740 e. The molecule has 0 aliphatic rings. The van der Waals surface area contributed by atoms with Crippen molar-refractivity contribution in [3.63, 3.8) is 0 Å². The minimum atomic E-state index is -0.270. The summed E-state index contributed by atoms with van der Waals surface area (Å²) in [5.74, 6) is 5.72. The number of hydrogen-bond acceptors (Lipinski definition) is 3. The number of hydrogen-bond donors (Lipinski definition) is 2. The molecule has 0 bridgehead atoms. The molecule has 106 valence electrons. The third kappa shape index (κ3) is 2.87. The van der Waals surface area contributed by atoms with Gasteiger partial charge in [-0.05, 0) is 41.5 Å². The Kier molecular flexibility index (Phi) is 4.08. The summed E-state index contributed by atoms with van der Waals surface area (Å²) in [7, 11) is 0. The minimum Gasteiger partial charge on any atom is -0.271 e. The Labute approximate surface area is 132 Å². The van der Waals surface area contributed by atoms with Crippen LogP contribution >= 0.6 is 23.2 Å². The van der Waals surface area contributed by atoms with Gasteiger partial charge in [0, 0.05) is 21.6 Å². The van der Waals surface area contributed by atoms with E-state index in [0.29, 0.717) is 10.0 Å². The van der Waals surface area contributed by atoms with Gasteiger partial charge in [-0.1, -0.05) is 41.4 Å². The molecule has 5 heteroatoms. The van der Waals surface area contributed by atoms with Gasteiger partial charge < -0.3 is 0 Å². The molecule has 3 N–H and O–H groups in total. The zero-order valence-corrected chi connectivity index (χ0v) is 12.6. The van der Waals surface area contributed by atoms with Gasteiger partial charge >= 0.3 is 0 Å². The fourth-order valence-electron chi connectivity index (χ4n) is 2.35. The first-order chi connectivity index (χ1) is 10.2. The highest BCUT2D eigenvalue weighted by atomic mass is 35.5. The first-order valence-corrected chi connectivity index (χ1v) is 7.20. The van der Waals surface area contributed by atoms with Gasteiger partial charge in [0.2, 0.25) is 0 Å². The highest BCUT2D eigenvalue weighted by Gasteiger charge is 2.17. The third-order valence-corrected chi connectivity index (χ3v) is 3.96. The van der Waals surface area contributed by atoms with E-state index in [0.717, 1.165) is 22.0 Å². The number of halogens is 2. The van der Waals surface area contributed by atoms with Crippen molar-refractivity contribution in [1.82, 2.24) is 10.4 Å². The Bertz CT molecular complexity index is 789. The van der Waals surface area contributed by atoms with E-state index in [-0.39, 0.29) is 6.04 Å². The third-order valence-electron chi connectivity index (χ3n) is 3.38. The predicted molar refractivity (Wildman–Crippen MR) is 87.4 cm³/mol. The average molecular weight is 318 g/mol. The highest BCUT2D eigenvalue weighted by molar-refractivity contribution is 6.33. The molecule has 21 heavy (non-hydrogen) atoms. The quantitative estimate of drug-likeness (QED) is 0.565. The van der Waals surface area contributed by atoms with Crippen molar-refractivity contribution in [2.75, 3.05) is 0 Å². The van der Waals surface area contributed by atoms with Crippen LogP contribution in [0.5, 0.6) is 0 Å². The Morgan fingerprint density at radius 2 is 1.86 bits per heavy atom. The number of fused-ring (bicyclic) bond motifs is 1. The lowest BCUT2D eigenvalue weighted by Gasteiger charge is -2.18. The van der Waals surface area contributed by atoms with Crippen LogP contribution < -0.4 is 11.3 Å². The van der Waals surface area contributed by atoms with Crippen molar-refractivity contribution in [3.8, 4) is 0 Å². The molecule has 0 saturated carbocycles. The number of hydrazine groups is 1. The van der Waals surface area contributed by atoms with Gasteiger partial charge in [0.1, 0.15) is 0 Å². The number of nitrogens with two attached hydrogens (primary N) is 1. The SMILES string of the molecule is NNC(c1cnc2ccccc2c1)c1cc(Cl)ccc1Cl. The Balaban J connectivity index is 2.11. The van der Waals surface area contributed by atoms with Crippen LogP contribution in [0.25, 0.3) is 10.9 Å². The van der Waals surface area contributed by atoms with E-state index in [1.165, 1.54) is 0 Å². The van der Waals surface area contributed by atoms with Crippen LogP contribution in [0, 0.1) is 0 Å². The summed E-state index contributed by atoms with van der Waals surface area (Å²) in [5, 5.41) is 2.27. The predicted octanol–water partition coefficient (Wildman–Crippen LogP) is 4.09. The van der Waals surface area contributed by atoms with Gasteiger partial charge in [0.25, 0.3) is 0 Å². The second-order valence-corrected chi connectivity index (χ2v) is 5.57. The number of nitrogens with zero attached hydrogens (tertiary/aromatic N) is 1. The van der Waals surface area contributed by atoms with E-state index in [2.05, 4.69) is 10.4 Å². The summed E-state index contributed by atoms with van der Waals surface area (Å²) in [6.07, 6.45) is 1.80. The molecule has 2 aromatic carbocycles.